The predicted molar refractivity (Wildman–Crippen MR) is 69.3 cm³/mol. The molecule has 0 aliphatic carbocycles. The van der Waals surface area contributed by atoms with E-state index in [-0.39, 0.29) is 5.91 Å². The van der Waals surface area contributed by atoms with Crippen LogP contribution in [0, 0.1) is 12.3 Å². The summed E-state index contributed by atoms with van der Waals surface area (Å²) >= 11 is 12.1. The van der Waals surface area contributed by atoms with E-state index >= 15 is 0 Å². The number of benzene rings is 1. The van der Waals surface area contributed by atoms with E-state index in [1.165, 1.54) is 0 Å². The molecule has 16 heavy (non-hydrogen) atoms. The molecular weight excluding hydrogens is 245 g/mol. The number of hydrogen-bond donors (Lipinski definition) is 1. The van der Waals surface area contributed by atoms with Crippen molar-refractivity contribution in [1.82, 2.24) is 0 Å². The van der Waals surface area contributed by atoms with E-state index in [1.807, 2.05) is 33.8 Å². The first kappa shape index (κ1) is 13.3. The van der Waals surface area contributed by atoms with Crippen molar-refractivity contribution in [3.05, 3.63) is 27.7 Å². The third-order valence-corrected chi connectivity index (χ3v) is 3.01. The van der Waals surface area contributed by atoms with Gasteiger partial charge in [0.05, 0.1) is 15.7 Å². The van der Waals surface area contributed by atoms with Crippen molar-refractivity contribution in [2.24, 2.45) is 5.41 Å². The summed E-state index contributed by atoms with van der Waals surface area (Å²) in [6.07, 6.45) is 0. The summed E-state index contributed by atoms with van der Waals surface area (Å²) < 4.78 is 0. The van der Waals surface area contributed by atoms with E-state index in [9.17, 15) is 4.79 Å². The molecule has 0 aromatic heterocycles. The first-order chi connectivity index (χ1) is 7.23. The number of carbonyl (C=O) groups excluding carboxylic acids is 1. The Kier molecular flexibility index (Phi) is 3.87. The molecule has 0 saturated carbocycles. The van der Waals surface area contributed by atoms with Crippen LogP contribution in [0.15, 0.2) is 12.1 Å². The molecule has 1 aromatic carbocycles. The lowest BCUT2D eigenvalue weighted by Gasteiger charge is -2.19. The number of hydrogen-bond acceptors (Lipinski definition) is 1. The summed E-state index contributed by atoms with van der Waals surface area (Å²) in [5.74, 6) is -0.109. The van der Waals surface area contributed by atoms with E-state index in [1.54, 1.807) is 6.07 Å². The van der Waals surface area contributed by atoms with Crippen molar-refractivity contribution in [2.45, 2.75) is 27.7 Å². The summed E-state index contributed by atoms with van der Waals surface area (Å²) in [6, 6.07) is 3.54. The smallest absolute Gasteiger partial charge is 0.229 e. The molecule has 0 fully saturated rings. The van der Waals surface area contributed by atoms with Crippen molar-refractivity contribution < 1.29 is 4.79 Å². The standard InChI is InChI=1S/C12H15Cl2NO/c1-7-5-6-8(13)10(9(7)14)15-11(16)12(2,3)4/h5-6H,1-4H3,(H,15,16). The number of aryl methyl sites for hydroxylation is 1. The largest absolute Gasteiger partial charge is 0.323 e. The van der Waals surface area contributed by atoms with E-state index in [4.69, 9.17) is 23.2 Å². The third-order valence-electron chi connectivity index (χ3n) is 2.20. The van der Waals surface area contributed by atoms with Gasteiger partial charge in [0.2, 0.25) is 5.91 Å². The molecule has 88 valence electrons. The maximum absolute atomic E-state index is 11.8. The molecule has 0 saturated heterocycles. The Balaban J connectivity index is 3.07. The SMILES string of the molecule is Cc1ccc(Cl)c(NC(=O)C(C)(C)C)c1Cl. The van der Waals surface area contributed by atoms with Crippen LogP contribution in [0.3, 0.4) is 0 Å². The Morgan fingerprint density at radius 2 is 1.81 bits per heavy atom. The van der Waals surface area contributed by atoms with E-state index < -0.39 is 5.41 Å². The number of carbonyl (C=O) groups is 1. The second-order valence-electron chi connectivity index (χ2n) is 4.76. The minimum absolute atomic E-state index is 0.109. The minimum Gasteiger partial charge on any atom is -0.323 e. The van der Waals surface area contributed by atoms with Gasteiger partial charge in [0.25, 0.3) is 0 Å². The fraction of sp³-hybridized carbons (Fsp3) is 0.417. The molecule has 2 nitrogen and oxygen atoms in total. The molecule has 0 aliphatic heterocycles. The lowest BCUT2D eigenvalue weighted by Crippen LogP contribution is -2.27. The fourth-order valence-electron chi connectivity index (χ4n) is 1.07. The van der Waals surface area contributed by atoms with E-state index in [0.717, 1.165) is 5.56 Å². The second kappa shape index (κ2) is 4.64. The van der Waals surface area contributed by atoms with Crippen molar-refractivity contribution in [2.75, 3.05) is 5.32 Å². The van der Waals surface area contributed by atoms with Crippen LogP contribution in [0.25, 0.3) is 0 Å². The maximum Gasteiger partial charge on any atom is 0.229 e. The number of halogens is 2. The minimum atomic E-state index is -0.476. The van der Waals surface area contributed by atoms with Crippen LogP contribution in [0.4, 0.5) is 5.69 Å². The lowest BCUT2D eigenvalue weighted by atomic mass is 9.95. The zero-order chi connectivity index (χ0) is 12.5. The molecule has 0 aliphatic rings. The van der Waals surface area contributed by atoms with Crippen LogP contribution >= 0.6 is 23.2 Å². The quantitative estimate of drug-likeness (QED) is 0.801. The monoisotopic (exact) mass is 259 g/mol. The highest BCUT2D eigenvalue weighted by atomic mass is 35.5. The molecule has 0 bridgehead atoms. The Morgan fingerprint density at radius 1 is 1.25 bits per heavy atom. The van der Waals surface area contributed by atoms with Crippen molar-refractivity contribution >= 4 is 34.8 Å². The fourth-order valence-corrected chi connectivity index (χ4v) is 1.54. The van der Waals surface area contributed by atoms with E-state index in [0.29, 0.717) is 15.7 Å². The molecule has 1 aromatic rings. The first-order valence-electron chi connectivity index (χ1n) is 4.99. The molecule has 1 amide bonds. The summed E-state index contributed by atoms with van der Waals surface area (Å²) in [6.45, 7) is 7.37. The van der Waals surface area contributed by atoms with Crippen LogP contribution < -0.4 is 5.32 Å². The van der Waals surface area contributed by atoms with Crippen molar-refractivity contribution in [3.63, 3.8) is 0 Å². The molecule has 0 radical (unpaired) electrons. The highest BCUT2D eigenvalue weighted by Crippen LogP contribution is 2.33. The average molecular weight is 260 g/mol. The van der Waals surface area contributed by atoms with Gasteiger partial charge < -0.3 is 5.32 Å². The second-order valence-corrected chi connectivity index (χ2v) is 5.54. The lowest BCUT2D eigenvalue weighted by molar-refractivity contribution is -0.123. The zero-order valence-corrected chi connectivity index (χ0v) is 11.3. The van der Waals surface area contributed by atoms with Gasteiger partial charge in [0.15, 0.2) is 0 Å². The Bertz CT molecular complexity index is 422. The van der Waals surface area contributed by atoms with Crippen LogP contribution in [0.1, 0.15) is 26.3 Å². The van der Waals surface area contributed by atoms with Gasteiger partial charge >= 0.3 is 0 Å². The third kappa shape index (κ3) is 2.89. The van der Waals surface area contributed by atoms with Gasteiger partial charge in [-0.15, -0.1) is 0 Å². The van der Waals surface area contributed by atoms with Crippen molar-refractivity contribution in [3.8, 4) is 0 Å². The summed E-state index contributed by atoms with van der Waals surface area (Å²) in [7, 11) is 0. The van der Waals surface area contributed by atoms with E-state index in [2.05, 4.69) is 5.32 Å². The first-order valence-corrected chi connectivity index (χ1v) is 5.75. The molecule has 1 N–H and O–H groups in total. The Labute approximate surface area is 106 Å². The normalized spacial score (nSPS) is 11.4. The van der Waals surface area contributed by atoms with Crippen LogP contribution in [0.5, 0.6) is 0 Å². The molecule has 0 atom stereocenters. The molecular formula is C12H15Cl2NO. The summed E-state index contributed by atoms with van der Waals surface area (Å²) in [5.41, 5.74) is 0.898. The van der Waals surface area contributed by atoms with Gasteiger partial charge in [0, 0.05) is 5.41 Å². The van der Waals surface area contributed by atoms with Crippen LogP contribution in [-0.4, -0.2) is 5.91 Å². The summed E-state index contributed by atoms with van der Waals surface area (Å²) in [5, 5.41) is 3.70. The van der Waals surface area contributed by atoms with Gasteiger partial charge in [-0.25, -0.2) is 0 Å². The molecule has 0 unspecified atom stereocenters. The summed E-state index contributed by atoms with van der Waals surface area (Å²) in [4.78, 5) is 11.8. The maximum atomic E-state index is 11.8. The molecule has 4 heteroatoms. The number of amides is 1. The highest BCUT2D eigenvalue weighted by Gasteiger charge is 2.23. The van der Waals surface area contributed by atoms with Gasteiger partial charge in [-0.1, -0.05) is 50.0 Å². The zero-order valence-electron chi connectivity index (χ0n) is 9.82. The highest BCUT2D eigenvalue weighted by molar-refractivity contribution is 6.40. The average Bonchev–Trinajstić information content (AvgIpc) is 2.17. The van der Waals surface area contributed by atoms with Crippen molar-refractivity contribution in [1.29, 1.82) is 0 Å². The van der Waals surface area contributed by atoms with Gasteiger partial charge in [-0.3, -0.25) is 4.79 Å². The molecule has 0 heterocycles. The topological polar surface area (TPSA) is 29.1 Å². The van der Waals surface area contributed by atoms with Gasteiger partial charge in [-0.05, 0) is 18.6 Å². The molecule has 0 spiro atoms. The number of nitrogens with one attached hydrogen (secondary N) is 1. The molecule has 1 rings (SSSR count). The Hall–Kier alpha value is -0.730. The van der Waals surface area contributed by atoms with Gasteiger partial charge in [0.1, 0.15) is 0 Å². The Morgan fingerprint density at radius 3 is 2.31 bits per heavy atom. The van der Waals surface area contributed by atoms with Gasteiger partial charge in [-0.2, -0.15) is 0 Å². The van der Waals surface area contributed by atoms with Crippen LogP contribution in [0.2, 0.25) is 10.0 Å². The predicted octanol–water partition coefficient (Wildman–Crippen LogP) is 4.29. The number of rotatable bonds is 1. The van der Waals surface area contributed by atoms with Crippen LogP contribution in [-0.2, 0) is 4.79 Å². The number of anilines is 1.